The molecule has 2 rings (SSSR count). The summed E-state index contributed by atoms with van der Waals surface area (Å²) in [6.45, 7) is 4.92. The van der Waals surface area contributed by atoms with Gasteiger partial charge in [-0.1, -0.05) is 17.7 Å². The number of hydrogen-bond acceptors (Lipinski definition) is 4. The van der Waals surface area contributed by atoms with Crippen molar-refractivity contribution in [3.63, 3.8) is 0 Å². The molecule has 1 aromatic carbocycles. The van der Waals surface area contributed by atoms with Gasteiger partial charge in [0.15, 0.2) is 5.96 Å². The minimum absolute atomic E-state index is 0. The van der Waals surface area contributed by atoms with Gasteiger partial charge >= 0.3 is 6.61 Å². The van der Waals surface area contributed by atoms with Crippen LogP contribution in [-0.2, 0) is 16.0 Å². The third kappa shape index (κ3) is 10.4. The molecule has 0 radical (unpaired) electrons. The molecule has 0 amide bonds. The molecule has 0 aromatic heterocycles. The van der Waals surface area contributed by atoms with Crippen LogP contribution in [0.15, 0.2) is 23.2 Å². The monoisotopic (exact) mass is 527 g/mol. The first kappa shape index (κ1) is 25.8. The second-order valence-electron chi connectivity index (χ2n) is 6.65. The number of benzene rings is 1. The van der Waals surface area contributed by atoms with Gasteiger partial charge in [0.05, 0.1) is 12.6 Å². The first-order valence-electron chi connectivity index (χ1n) is 9.84. The lowest BCUT2D eigenvalue weighted by Gasteiger charge is -2.22. The summed E-state index contributed by atoms with van der Waals surface area (Å²) in [4.78, 5) is 4.49. The Kier molecular flexibility index (Phi) is 13.1. The molecule has 2 N–H and O–H groups in total. The van der Waals surface area contributed by atoms with Gasteiger partial charge in [-0.15, -0.1) is 24.0 Å². The van der Waals surface area contributed by atoms with Gasteiger partial charge in [-0.05, 0) is 39.2 Å². The molecule has 9 heteroatoms. The van der Waals surface area contributed by atoms with Crippen molar-refractivity contribution in [1.82, 2.24) is 10.6 Å². The number of guanidine groups is 1. The fourth-order valence-corrected chi connectivity index (χ4v) is 2.92. The Morgan fingerprint density at radius 1 is 1.28 bits per heavy atom. The van der Waals surface area contributed by atoms with Gasteiger partial charge in [0.2, 0.25) is 0 Å². The van der Waals surface area contributed by atoms with Crippen LogP contribution in [0.4, 0.5) is 8.78 Å². The maximum atomic E-state index is 12.6. The SMILES string of the molecule is CCNC(=NCc1cc(C)ccc1OC(F)F)NCCCOC1CCOCC1.I. The fraction of sp³-hybridized carbons (Fsp3) is 0.650. The van der Waals surface area contributed by atoms with Crippen LogP contribution in [0.1, 0.15) is 37.3 Å². The van der Waals surface area contributed by atoms with E-state index < -0.39 is 6.61 Å². The molecule has 1 heterocycles. The van der Waals surface area contributed by atoms with Crippen LogP contribution >= 0.6 is 24.0 Å². The Hall–Kier alpha value is -1.20. The molecule has 166 valence electrons. The quantitative estimate of drug-likeness (QED) is 0.210. The Morgan fingerprint density at radius 3 is 2.72 bits per heavy atom. The molecule has 29 heavy (non-hydrogen) atoms. The summed E-state index contributed by atoms with van der Waals surface area (Å²) in [5, 5.41) is 6.41. The molecule has 0 atom stereocenters. The van der Waals surface area contributed by atoms with Gasteiger partial charge in [0.25, 0.3) is 0 Å². The van der Waals surface area contributed by atoms with E-state index in [1.54, 1.807) is 12.1 Å². The molecule has 1 fully saturated rings. The average molecular weight is 527 g/mol. The summed E-state index contributed by atoms with van der Waals surface area (Å²) in [5.74, 6) is 0.795. The first-order valence-corrected chi connectivity index (χ1v) is 9.84. The summed E-state index contributed by atoms with van der Waals surface area (Å²) < 4.78 is 41.0. The predicted molar refractivity (Wildman–Crippen MR) is 120 cm³/mol. The molecule has 1 saturated heterocycles. The zero-order valence-electron chi connectivity index (χ0n) is 17.1. The average Bonchev–Trinajstić information content (AvgIpc) is 2.68. The van der Waals surface area contributed by atoms with E-state index >= 15 is 0 Å². The fourth-order valence-electron chi connectivity index (χ4n) is 2.92. The second-order valence-corrected chi connectivity index (χ2v) is 6.65. The van der Waals surface area contributed by atoms with Gasteiger partial charge in [0, 0.05) is 38.5 Å². The summed E-state index contributed by atoms with van der Waals surface area (Å²) in [7, 11) is 0. The number of aliphatic imine (C=N–C) groups is 1. The summed E-state index contributed by atoms with van der Waals surface area (Å²) in [6.07, 6.45) is 3.06. The third-order valence-electron chi connectivity index (χ3n) is 4.32. The van der Waals surface area contributed by atoms with Crippen molar-refractivity contribution in [3.8, 4) is 5.75 Å². The maximum Gasteiger partial charge on any atom is 0.387 e. The molecule has 0 spiro atoms. The lowest BCUT2D eigenvalue weighted by molar-refractivity contribution is -0.0504. The Balaban J connectivity index is 0.00000420. The van der Waals surface area contributed by atoms with Crippen LogP contribution in [0.5, 0.6) is 5.75 Å². The second kappa shape index (κ2) is 14.7. The van der Waals surface area contributed by atoms with Crippen molar-refractivity contribution in [2.45, 2.75) is 52.4 Å². The van der Waals surface area contributed by atoms with Gasteiger partial charge in [-0.3, -0.25) is 0 Å². The molecule has 0 bridgehead atoms. The highest BCUT2D eigenvalue weighted by Gasteiger charge is 2.13. The lowest BCUT2D eigenvalue weighted by atomic mass is 10.1. The van der Waals surface area contributed by atoms with E-state index in [9.17, 15) is 8.78 Å². The number of nitrogens with one attached hydrogen (secondary N) is 2. The number of nitrogens with zero attached hydrogens (tertiary/aromatic N) is 1. The topological polar surface area (TPSA) is 64.1 Å². The number of hydrogen-bond donors (Lipinski definition) is 2. The number of rotatable bonds is 10. The van der Waals surface area contributed by atoms with Crippen LogP contribution in [-0.4, -0.2) is 51.6 Å². The van der Waals surface area contributed by atoms with Crippen molar-refractivity contribution < 1.29 is 23.0 Å². The van der Waals surface area contributed by atoms with Crippen molar-refractivity contribution in [1.29, 1.82) is 0 Å². The predicted octanol–water partition coefficient (Wildman–Crippen LogP) is 3.86. The van der Waals surface area contributed by atoms with Crippen molar-refractivity contribution in [2.75, 3.05) is 32.9 Å². The standard InChI is InChI=1S/C20H31F2N3O3.HI/c1-3-23-20(24-9-4-10-27-17-7-11-26-12-8-17)25-14-16-13-15(2)5-6-18(16)28-19(21)22;/h5-6,13,17,19H,3-4,7-12,14H2,1-2H3,(H2,23,24,25);1H. The molecule has 1 aromatic rings. The van der Waals surface area contributed by atoms with Crippen LogP contribution in [0.2, 0.25) is 0 Å². The minimum atomic E-state index is -2.85. The minimum Gasteiger partial charge on any atom is -0.434 e. The number of aryl methyl sites for hydroxylation is 1. The molecular formula is C20H32F2IN3O3. The third-order valence-corrected chi connectivity index (χ3v) is 4.32. The zero-order valence-corrected chi connectivity index (χ0v) is 19.4. The maximum absolute atomic E-state index is 12.6. The number of halogens is 3. The van der Waals surface area contributed by atoms with Crippen LogP contribution < -0.4 is 15.4 Å². The first-order chi connectivity index (χ1) is 13.6. The van der Waals surface area contributed by atoms with E-state index in [1.165, 1.54) is 0 Å². The highest BCUT2D eigenvalue weighted by molar-refractivity contribution is 14.0. The number of ether oxygens (including phenoxy) is 3. The van der Waals surface area contributed by atoms with E-state index in [0.717, 1.165) is 38.0 Å². The van der Waals surface area contributed by atoms with Gasteiger partial charge in [0.1, 0.15) is 5.75 Å². The molecule has 0 saturated carbocycles. The largest absolute Gasteiger partial charge is 0.434 e. The number of alkyl halides is 2. The van der Waals surface area contributed by atoms with E-state index in [4.69, 9.17) is 9.47 Å². The Labute approximate surface area is 188 Å². The molecular weight excluding hydrogens is 495 g/mol. The molecule has 1 aliphatic heterocycles. The Morgan fingerprint density at radius 2 is 2.03 bits per heavy atom. The smallest absolute Gasteiger partial charge is 0.387 e. The summed E-state index contributed by atoms with van der Waals surface area (Å²) in [6, 6.07) is 5.11. The lowest BCUT2D eigenvalue weighted by Crippen LogP contribution is -2.38. The van der Waals surface area contributed by atoms with Crippen LogP contribution in [0, 0.1) is 6.92 Å². The highest BCUT2D eigenvalue weighted by Crippen LogP contribution is 2.22. The van der Waals surface area contributed by atoms with Crippen LogP contribution in [0.3, 0.4) is 0 Å². The summed E-state index contributed by atoms with van der Waals surface area (Å²) in [5.41, 5.74) is 1.59. The van der Waals surface area contributed by atoms with E-state index in [2.05, 4.69) is 20.4 Å². The van der Waals surface area contributed by atoms with Crippen molar-refractivity contribution in [2.24, 2.45) is 4.99 Å². The van der Waals surface area contributed by atoms with Crippen LogP contribution in [0.25, 0.3) is 0 Å². The van der Waals surface area contributed by atoms with E-state index in [0.29, 0.717) is 37.3 Å². The van der Waals surface area contributed by atoms with Gasteiger partial charge in [-0.2, -0.15) is 8.78 Å². The Bertz CT molecular complexity index is 615. The zero-order chi connectivity index (χ0) is 20.2. The van der Waals surface area contributed by atoms with Gasteiger partial charge < -0.3 is 24.8 Å². The molecule has 0 unspecified atom stereocenters. The summed E-state index contributed by atoms with van der Waals surface area (Å²) >= 11 is 0. The van der Waals surface area contributed by atoms with Gasteiger partial charge in [-0.25, -0.2) is 4.99 Å². The molecule has 0 aliphatic carbocycles. The van der Waals surface area contributed by atoms with Crippen molar-refractivity contribution >= 4 is 29.9 Å². The van der Waals surface area contributed by atoms with E-state index in [1.807, 2.05) is 19.9 Å². The normalized spacial score (nSPS) is 15.1. The highest BCUT2D eigenvalue weighted by atomic mass is 127. The molecule has 1 aliphatic rings. The van der Waals surface area contributed by atoms with Crippen molar-refractivity contribution in [3.05, 3.63) is 29.3 Å². The molecule has 6 nitrogen and oxygen atoms in total. The van der Waals surface area contributed by atoms with E-state index in [-0.39, 0.29) is 36.3 Å².